The molecule has 2 N–H and O–H groups in total. The lowest BCUT2D eigenvalue weighted by Gasteiger charge is -2.08. The highest BCUT2D eigenvalue weighted by Crippen LogP contribution is 2.14. The van der Waals surface area contributed by atoms with Crippen molar-refractivity contribution in [1.29, 1.82) is 5.26 Å². The van der Waals surface area contributed by atoms with Gasteiger partial charge in [0, 0.05) is 0 Å². The van der Waals surface area contributed by atoms with Crippen molar-refractivity contribution in [2.45, 2.75) is 20.3 Å². The van der Waals surface area contributed by atoms with Gasteiger partial charge in [-0.1, -0.05) is 23.8 Å². The van der Waals surface area contributed by atoms with Crippen LogP contribution in [-0.2, 0) is 11.2 Å². The molecular formula is C12H14N2O. The number of hydrogen-bond acceptors (Lipinski definition) is 2. The van der Waals surface area contributed by atoms with Crippen LogP contribution in [0.15, 0.2) is 18.2 Å². The van der Waals surface area contributed by atoms with Gasteiger partial charge in [0.1, 0.15) is 5.92 Å². The third-order valence-electron chi connectivity index (χ3n) is 2.42. The molecule has 3 heteroatoms. The highest BCUT2D eigenvalue weighted by molar-refractivity contribution is 5.79. The maximum absolute atomic E-state index is 10.9. The van der Waals surface area contributed by atoms with E-state index in [1.54, 1.807) is 0 Å². The Morgan fingerprint density at radius 1 is 1.53 bits per heavy atom. The lowest BCUT2D eigenvalue weighted by molar-refractivity contribution is -0.120. The first kappa shape index (κ1) is 11.3. The van der Waals surface area contributed by atoms with E-state index >= 15 is 0 Å². The summed E-state index contributed by atoms with van der Waals surface area (Å²) >= 11 is 0. The first-order valence-electron chi connectivity index (χ1n) is 4.79. The van der Waals surface area contributed by atoms with Crippen molar-refractivity contribution in [2.24, 2.45) is 11.7 Å². The number of rotatable bonds is 3. The lowest BCUT2D eigenvalue weighted by Crippen LogP contribution is -2.23. The van der Waals surface area contributed by atoms with Crippen LogP contribution in [0.3, 0.4) is 0 Å². The zero-order chi connectivity index (χ0) is 11.4. The molecule has 1 unspecified atom stereocenters. The highest BCUT2D eigenvalue weighted by Gasteiger charge is 2.15. The molecule has 3 nitrogen and oxygen atoms in total. The van der Waals surface area contributed by atoms with Gasteiger partial charge in [-0.25, -0.2) is 0 Å². The van der Waals surface area contributed by atoms with Gasteiger partial charge < -0.3 is 5.73 Å². The Kier molecular flexibility index (Phi) is 3.46. The summed E-state index contributed by atoms with van der Waals surface area (Å²) in [6.07, 6.45) is 0.401. The van der Waals surface area contributed by atoms with Gasteiger partial charge in [-0.05, 0) is 31.4 Å². The maximum Gasteiger partial charge on any atom is 0.235 e. The van der Waals surface area contributed by atoms with E-state index < -0.39 is 11.8 Å². The predicted octanol–water partition coefficient (Wildman–Crippen LogP) is 1.47. The molecule has 0 aromatic heterocycles. The molecule has 1 atom stereocenters. The predicted molar refractivity (Wildman–Crippen MR) is 57.9 cm³/mol. The van der Waals surface area contributed by atoms with Gasteiger partial charge in [0.2, 0.25) is 5.91 Å². The Morgan fingerprint density at radius 3 is 2.67 bits per heavy atom. The van der Waals surface area contributed by atoms with E-state index in [4.69, 9.17) is 11.0 Å². The molecule has 0 heterocycles. The summed E-state index contributed by atoms with van der Waals surface area (Å²) in [7, 11) is 0. The van der Waals surface area contributed by atoms with Gasteiger partial charge in [-0.2, -0.15) is 5.26 Å². The largest absolute Gasteiger partial charge is 0.369 e. The molecule has 0 aliphatic heterocycles. The first-order valence-corrected chi connectivity index (χ1v) is 4.79. The number of nitrogens with zero attached hydrogens (tertiary/aromatic N) is 1. The quantitative estimate of drug-likeness (QED) is 0.806. The summed E-state index contributed by atoms with van der Waals surface area (Å²) in [5.41, 5.74) is 8.38. The van der Waals surface area contributed by atoms with Crippen LogP contribution in [0.2, 0.25) is 0 Å². The fraction of sp³-hybridized carbons (Fsp3) is 0.333. The van der Waals surface area contributed by atoms with Crippen molar-refractivity contribution < 1.29 is 4.79 Å². The fourth-order valence-corrected chi connectivity index (χ4v) is 1.50. The molecule has 1 aromatic rings. The number of hydrogen-bond donors (Lipinski definition) is 1. The molecule has 1 amide bonds. The highest BCUT2D eigenvalue weighted by atomic mass is 16.1. The van der Waals surface area contributed by atoms with Crippen LogP contribution >= 0.6 is 0 Å². The molecule has 0 saturated heterocycles. The Hall–Kier alpha value is -1.82. The average molecular weight is 202 g/mol. The number of primary amides is 1. The molecule has 0 spiro atoms. The minimum absolute atomic E-state index is 0.401. The topological polar surface area (TPSA) is 66.9 Å². The van der Waals surface area contributed by atoms with Gasteiger partial charge in [-0.15, -0.1) is 0 Å². The van der Waals surface area contributed by atoms with E-state index in [-0.39, 0.29) is 0 Å². The second-order valence-electron chi connectivity index (χ2n) is 3.72. The zero-order valence-electron chi connectivity index (χ0n) is 8.95. The van der Waals surface area contributed by atoms with Crippen molar-refractivity contribution in [3.05, 3.63) is 34.9 Å². The summed E-state index contributed by atoms with van der Waals surface area (Å²) in [5, 5.41) is 8.75. The van der Waals surface area contributed by atoms with Gasteiger partial charge >= 0.3 is 0 Å². The van der Waals surface area contributed by atoms with Gasteiger partial charge in [-0.3, -0.25) is 4.79 Å². The summed E-state index contributed by atoms with van der Waals surface area (Å²) < 4.78 is 0. The number of amides is 1. The Bertz CT molecular complexity index is 418. The second-order valence-corrected chi connectivity index (χ2v) is 3.72. The Morgan fingerprint density at radius 2 is 2.20 bits per heavy atom. The van der Waals surface area contributed by atoms with E-state index in [1.807, 2.05) is 38.1 Å². The average Bonchev–Trinajstić information content (AvgIpc) is 2.16. The molecule has 0 aliphatic rings. The minimum Gasteiger partial charge on any atom is -0.369 e. The van der Waals surface area contributed by atoms with Crippen LogP contribution in [0.4, 0.5) is 0 Å². The van der Waals surface area contributed by atoms with Crippen LogP contribution in [0.5, 0.6) is 0 Å². The molecule has 0 saturated carbocycles. The number of nitrogens with two attached hydrogens (primary N) is 1. The van der Waals surface area contributed by atoms with E-state index in [2.05, 4.69) is 0 Å². The first-order chi connectivity index (χ1) is 7.04. The van der Waals surface area contributed by atoms with Gasteiger partial charge in [0.05, 0.1) is 6.07 Å². The third-order valence-corrected chi connectivity index (χ3v) is 2.42. The Balaban J connectivity index is 2.90. The SMILES string of the molecule is Cc1ccc(CC(C#N)C(N)=O)c(C)c1. The van der Waals surface area contributed by atoms with Crippen LogP contribution in [0, 0.1) is 31.1 Å². The van der Waals surface area contributed by atoms with Gasteiger partial charge in [0.15, 0.2) is 0 Å². The van der Waals surface area contributed by atoms with Crippen LogP contribution in [0.25, 0.3) is 0 Å². The lowest BCUT2D eigenvalue weighted by atomic mass is 9.95. The van der Waals surface area contributed by atoms with Crippen LogP contribution in [0.1, 0.15) is 16.7 Å². The van der Waals surface area contributed by atoms with E-state index in [0.717, 1.165) is 11.1 Å². The summed E-state index contributed by atoms with van der Waals surface area (Å²) in [6.45, 7) is 3.98. The number of carbonyl (C=O) groups is 1. The molecule has 0 aliphatic carbocycles. The summed E-state index contributed by atoms with van der Waals surface area (Å²) in [5.74, 6) is -1.29. The number of aryl methyl sites for hydroxylation is 2. The van der Waals surface area contributed by atoms with Crippen molar-refractivity contribution in [3.63, 3.8) is 0 Å². The molecule has 0 radical (unpaired) electrons. The van der Waals surface area contributed by atoms with Crippen molar-refractivity contribution in [1.82, 2.24) is 0 Å². The fourth-order valence-electron chi connectivity index (χ4n) is 1.50. The van der Waals surface area contributed by atoms with Gasteiger partial charge in [0.25, 0.3) is 0 Å². The number of carbonyl (C=O) groups excluding carboxylic acids is 1. The van der Waals surface area contributed by atoms with E-state index in [0.29, 0.717) is 6.42 Å². The van der Waals surface area contributed by atoms with Crippen molar-refractivity contribution >= 4 is 5.91 Å². The summed E-state index contributed by atoms with van der Waals surface area (Å²) in [6, 6.07) is 7.86. The van der Waals surface area contributed by atoms with Crippen molar-refractivity contribution in [3.8, 4) is 6.07 Å². The second kappa shape index (κ2) is 4.61. The maximum atomic E-state index is 10.9. The molecule has 1 rings (SSSR count). The normalized spacial score (nSPS) is 11.8. The minimum atomic E-state index is -0.730. The monoisotopic (exact) mass is 202 g/mol. The van der Waals surface area contributed by atoms with E-state index in [9.17, 15) is 4.79 Å². The smallest absolute Gasteiger partial charge is 0.235 e. The Labute approximate surface area is 89.5 Å². The molecule has 78 valence electrons. The van der Waals surface area contributed by atoms with Crippen LogP contribution < -0.4 is 5.73 Å². The van der Waals surface area contributed by atoms with E-state index in [1.165, 1.54) is 5.56 Å². The molecule has 1 aromatic carbocycles. The molecule has 0 fully saturated rings. The molecular weight excluding hydrogens is 188 g/mol. The number of benzene rings is 1. The molecule has 0 bridgehead atoms. The van der Waals surface area contributed by atoms with Crippen LogP contribution in [-0.4, -0.2) is 5.91 Å². The number of nitriles is 1. The summed E-state index contributed by atoms with van der Waals surface area (Å²) in [4.78, 5) is 10.9. The zero-order valence-corrected chi connectivity index (χ0v) is 8.95. The molecule has 15 heavy (non-hydrogen) atoms. The van der Waals surface area contributed by atoms with Crippen molar-refractivity contribution in [2.75, 3.05) is 0 Å². The standard InChI is InChI=1S/C12H14N2O/c1-8-3-4-10(9(2)5-8)6-11(7-13)12(14)15/h3-5,11H,6H2,1-2H3,(H2,14,15). The third kappa shape index (κ3) is 2.81.